The van der Waals surface area contributed by atoms with Crippen molar-refractivity contribution in [1.29, 1.82) is 0 Å². The number of likely N-dealkylation sites (tertiary alicyclic amines) is 1. The fourth-order valence-corrected chi connectivity index (χ4v) is 4.18. The number of methoxy groups -OCH3 is 1. The van der Waals surface area contributed by atoms with Crippen LogP contribution in [0.4, 0.5) is 0 Å². The van der Waals surface area contributed by atoms with Gasteiger partial charge in [0, 0.05) is 38.8 Å². The monoisotopic (exact) mass is 374 g/mol. The van der Waals surface area contributed by atoms with Gasteiger partial charge in [-0.1, -0.05) is 18.9 Å². The van der Waals surface area contributed by atoms with Crippen LogP contribution < -0.4 is 20.1 Å². The van der Waals surface area contributed by atoms with Gasteiger partial charge in [-0.3, -0.25) is 9.89 Å². The molecule has 0 aromatic heterocycles. The molecule has 6 nitrogen and oxygen atoms in total. The number of nitrogens with zero attached hydrogens (tertiary/aromatic N) is 2. The normalized spacial score (nSPS) is 21.4. The van der Waals surface area contributed by atoms with E-state index in [-0.39, 0.29) is 0 Å². The van der Waals surface area contributed by atoms with Gasteiger partial charge in [-0.05, 0) is 43.9 Å². The standard InChI is InChI=1S/C21H34N4O2/c1-4-27-19-10-9-16(13-20(19)26-3)14-23-21(22-2)24-17-11-12-25(15-17)18-7-5-6-8-18/h9-10,13,17-18H,4-8,11-12,14-15H2,1-3H3,(H2,22,23,24). The van der Waals surface area contributed by atoms with Crippen molar-refractivity contribution < 1.29 is 9.47 Å². The third kappa shape index (κ3) is 5.28. The second-order valence-electron chi connectivity index (χ2n) is 7.41. The zero-order chi connectivity index (χ0) is 19.1. The highest BCUT2D eigenvalue weighted by atomic mass is 16.5. The molecule has 2 N–H and O–H groups in total. The van der Waals surface area contributed by atoms with Crippen molar-refractivity contribution in [1.82, 2.24) is 15.5 Å². The summed E-state index contributed by atoms with van der Waals surface area (Å²) >= 11 is 0. The van der Waals surface area contributed by atoms with Gasteiger partial charge >= 0.3 is 0 Å². The molecule has 3 rings (SSSR count). The number of rotatable bonds is 7. The lowest BCUT2D eigenvalue weighted by Gasteiger charge is -2.24. The highest BCUT2D eigenvalue weighted by Gasteiger charge is 2.30. The lowest BCUT2D eigenvalue weighted by atomic mass is 10.2. The Morgan fingerprint density at radius 2 is 2.04 bits per heavy atom. The van der Waals surface area contributed by atoms with Gasteiger partial charge in [0.1, 0.15) is 0 Å². The summed E-state index contributed by atoms with van der Waals surface area (Å²) < 4.78 is 11.0. The minimum atomic E-state index is 0.478. The summed E-state index contributed by atoms with van der Waals surface area (Å²) in [6.07, 6.45) is 6.73. The van der Waals surface area contributed by atoms with Crippen molar-refractivity contribution in [2.75, 3.05) is 33.9 Å². The van der Waals surface area contributed by atoms with E-state index in [1.54, 1.807) is 7.11 Å². The molecule has 0 spiro atoms. The molecule has 27 heavy (non-hydrogen) atoms. The molecule has 1 aliphatic heterocycles. The minimum absolute atomic E-state index is 0.478. The molecule has 1 aliphatic carbocycles. The summed E-state index contributed by atoms with van der Waals surface area (Å²) in [6, 6.07) is 7.33. The molecule has 0 amide bonds. The maximum atomic E-state index is 5.58. The van der Waals surface area contributed by atoms with Gasteiger partial charge in [0.15, 0.2) is 17.5 Å². The molecular weight excluding hydrogens is 340 g/mol. The van der Waals surface area contributed by atoms with Gasteiger partial charge in [0.25, 0.3) is 0 Å². The number of guanidine groups is 1. The van der Waals surface area contributed by atoms with Gasteiger partial charge in [-0.2, -0.15) is 0 Å². The SMILES string of the molecule is CCOc1ccc(CNC(=NC)NC2CCN(C3CCCC3)C2)cc1OC. The van der Waals surface area contributed by atoms with E-state index in [0.717, 1.165) is 35.6 Å². The van der Waals surface area contributed by atoms with E-state index in [0.29, 0.717) is 19.2 Å². The maximum Gasteiger partial charge on any atom is 0.191 e. The first-order valence-electron chi connectivity index (χ1n) is 10.2. The summed E-state index contributed by atoms with van der Waals surface area (Å²) in [5.41, 5.74) is 1.14. The van der Waals surface area contributed by atoms with E-state index in [9.17, 15) is 0 Å². The zero-order valence-electron chi connectivity index (χ0n) is 17.0. The number of hydrogen-bond acceptors (Lipinski definition) is 4. The van der Waals surface area contributed by atoms with Gasteiger partial charge in [0.2, 0.25) is 0 Å². The zero-order valence-corrected chi connectivity index (χ0v) is 17.0. The van der Waals surface area contributed by atoms with E-state index in [4.69, 9.17) is 9.47 Å². The molecule has 2 fully saturated rings. The van der Waals surface area contributed by atoms with Crippen LogP contribution in [0.2, 0.25) is 0 Å². The van der Waals surface area contributed by atoms with E-state index >= 15 is 0 Å². The van der Waals surface area contributed by atoms with E-state index in [2.05, 4.69) is 26.6 Å². The Hall–Kier alpha value is -1.95. The number of nitrogens with one attached hydrogen (secondary N) is 2. The summed E-state index contributed by atoms with van der Waals surface area (Å²) in [7, 11) is 3.50. The lowest BCUT2D eigenvalue weighted by molar-refractivity contribution is 0.242. The van der Waals surface area contributed by atoms with Gasteiger partial charge in [-0.25, -0.2) is 0 Å². The molecule has 1 saturated carbocycles. The molecule has 1 atom stereocenters. The number of hydrogen-bond donors (Lipinski definition) is 2. The number of ether oxygens (including phenoxy) is 2. The molecule has 1 heterocycles. The highest BCUT2D eigenvalue weighted by molar-refractivity contribution is 5.80. The van der Waals surface area contributed by atoms with Gasteiger partial charge in [-0.15, -0.1) is 0 Å². The molecule has 2 aliphatic rings. The molecule has 1 aromatic carbocycles. The van der Waals surface area contributed by atoms with Crippen LogP contribution in [0.15, 0.2) is 23.2 Å². The average molecular weight is 375 g/mol. The van der Waals surface area contributed by atoms with Gasteiger partial charge in [0.05, 0.1) is 13.7 Å². The number of benzene rings is 1. The van der Waals surface area contributed by atoms with Crippen LogP contribution in [0.25, 0.3) is 0 Å². The molecule has 6 heteroatoms. The predicted octanol–water partition coefficient (Wildman–Crippen LogP) is 2.78. The predicted molar refractivity (Wildman–Crippen MR) is 110 cm³/mol. The molecule has 0 bridgehead atoms. The van der Waals surface area contributed by atoms with Crippen LogP contribution in [-0.4, -0.2) is 56.8 Å². The molecule has 1 saturated heterocycles. The summed E-state index contributed by atoms with van der Waals surface area (Å²) in [6.45, 7) is 5.63. The quantitative estimate of drug-likeness (QED) is 0.568. The summed E-state index contributed by atoms with van der Waals surface area (Å²) in [5.74, 6) is 2.41. The van der Waals surface area contributed by atoms with Crippen LogP contribution in [0, 0.1) is 0 Å². The van der Waals surface area contributed by atoms with Crippen LogP contribution in [-0.2, 0) is 6.54 Å². The Bertz CT molecular complexity index is 629. The molecular formula is C21H34N4O2. The molecule has 1 aromatic rings. The Balaban J connectivity index is 1.49. The van der Waals surface area contributed by atoms with E-state index in [1.165, 1.54) is 38.6 Å². The smallest absolute Gasteiger partial charge is 0.191 e. The topological polar surface area (TPSA) is 58.1 Å². The Labute approximate surface area is 163 Å². The summed E-state index contributed by atoms with van der Waals surface area (Å²) in [4.78, 5) is 7.06. The first-order valence-corrected chi connectivity index (χ1v) is 10.2. The van der Waals surface area contributed by atoms with Crippen LogP contribution >= 0.6 is 0 Å². The third-order valence-corrected chi connectivity index (χ3v) is 5.61. The van der Waals surface area contributed by atoms with E-state index < -0.39 is 0 Å². The van der Waals surface area contributed by atoms with Crippen LogP contribution in [0.3, 0.4) is 0 Å². The highest BCUT2D eigenvalue weighted by Crippen LogP contribution is 2.28. The maximum absolute atomic E-state index is 5.58. The third-order valence-electron chi connectivity index (χ3n) is 5.61. The first-order chi connectivity index (χ1) is 13.2. The van der Waals surface area contributed by atoms with Crippen molar-refractivity contribution in [2.24, 2.45) is 4.99 Å². The van der Waals surface area contributed by atoms with Crippen molar-refractivity contribution in [3.05, 3.63) is 23.8 Å². The Kier molecular flexibility index (Phi) is 7.21. The summed E-state index contributed by atoms with van der Waals surface area (Å²) in [5, 5.41) is 7.01. The fraction of sp³-hybridized carbons (Fsp3) is 0.667. The first kappa shape index (κ1) is 19.8. The largest absolute Gasteiger partial charge is 0.493 e. The van der Waals surface area contributed by atoms with Crippen molar-refractivity contribution >= 4 is 5.96 Å². The molecule has 1 unspecified atom stereocenters. The van der Waals surface area contributed by atoms with Crippen molar-refractivity contribution in [3.63, 3.8) is 0 Å². The number of aliphatic imine (C=N–C) groups is 1. The average Bonchev–Trinajstić information content (AvgIpc) is 3.37. The van der Waals surface area contributed by atoms with E-state index in [1.807, 2.05) is 26.1 Å². The minimum Gasteiger partial charge on any atom is -0.493 e. The van der Waals surface area contributed by atoms with Crippen LogP contribution in [0.5, 0.6) is 11.5 Å². The van der Waals surface area contributed by atoms with Crippen molar-refractivity contribution in [2.45, 2.75) is 57.7 Å². The van der Waals surface area contributed by atoms with Gasteiger partial charge < -0.3 is 20.1 Å². The molecule has 150 valence electrons. The Morgan fingerprint density at radius 1 is 1.22 bits per heavy atom. The Morgan fingerprint density at radius 3 is 2.74 bits per heavy atom. The molecule has 0 radical (unpaired) electrons. The van der Waals surface area contributed by atoms with Crippen molar-refractivity contribution in [3.8, 4) is 11.5 Å². The fourth-order valence-electron chi connectivity index (χ4n) is 4.18. The second kappa shape index (κ2) is 9.83. The second-order valence-corrected chi connectivity index (χ2v) is 7.41. The van der Waals surface area contributed by atoms with Crippen LogP contribution in [0.1, 0.15) is 44.6 Å². The lowest BCUT2D eigenvalue weighted by Crippen LogP contribution is -2.45.